The summed E-state index contributed by atoms with van der Waals surface area (Å²) >= 11 is 0. The van der Waals surface area contributed by atoms with Crippen LogP contribution in [0.3, 0.4) is 0 Å². The van der Waals surface area contributed by atoms with E-state index in [-0.39, 0.29) is 12.4 Å². The third-order valence-corrected chi connectivity index (χ3v) is 1.74. The molecule has 1 aromatic rings. The summed E-state index contributed by atoms with van der Waals surface area (Å²) in [6.07, 6.45) is -0.824. The summed E-state index contributed by atoms with van der Waals surface area (Å²) < 4.78 is 4.58. The first-order valence-electron chi connectivity index (χ1n) is 4.12. The number of amidine groups is 1. The van der Waals surface area contributed by atoms with Gasteiger partial charge in [0, 0.05) is 5.56 Å². The van der Waals surface area contributed by atoms with E-state index in [1.165, 1.54) is 0 Å². The number of oxime groups is 1. The van der Waals surface area contributed by atoms with Gasteiger partial charge >= 0.3 is 6.09 Å². The quantitative estimate of drug-likeness (QED) is 0.289. The summed E-state index contributed by atoms with van der Waals surface area (Å²) in [5.41, 5.74) is 11.5. The molecule has 0 heterocycles. The lowest BCUT2D eigenvalue weighted by molar-refractivity contribution is 0.150. The fraction of sp³-hybridized carbons (Fsp3) is 0.111. The van der Waals surface area contributed by atoms with Crippen LogP contribution in [0.4, 0.5) is 4.79 Å². The van der Waals surface area contributed by atoms with Gasteiger partial charge in [-0.25, -0.2) is 4.79 Å². The molecule has 5 N–H and O–H groups in total. The molecule has 0 radical (unpaired) electrons. The molecular formula is C9H11N3O3. The monoisotopic (exact) mass is 209 g/mol. The van der Waals surface area contributed by atoms with Gasteiger partial charge in [0.2, 0.25) is 0 Å². The van der Waals surface area contributed by atoms with E-state index in [0.717, 1.165) is 5.56 Å². The Balaban J connectivity index is 2.68. The lowest BCUT2D eigenvalue weighted by Crippen LogP contribution is -2.14. The van der Waals surface area contributed by atoms with Crippen LogP contribution >= 0.6 is 0 Å². The molecule has 6 nitrogen and oxygen atoms in total. The molecule has 0 saturated carbocycles. The smallest absolute Gasteiger partial charge is 0.404 e. The van der Waals surface area contributed by atoms with Crippen molar-refractivity contribution in [3.8, 4) is 0 Å². The number of nitrogens with two attached hydrogens (primary N) is 2. The first-order chi connectivity index (χ1) is 7.13. The molecule has 0 aliphatic carbocycles. The number of rotatable bonds is 3. The van der Waals surface area contributed by atoms with Gasteiger partial charge < -0.3 is 21.4 Å². The Morgan fingerprint density at radius 3 is 2.40 bits per heavy atom. The van der Waals surface area contributed by atoms with Crippen LogP contribution in [0.25, 0.3) is 0 Å². The second-order valence-electron chi connectivity index (χ2n) is 2.79. The van der Waals surface area contributed by atoms with Gasteiger partial charge in [-0.2, -0.15) is 0 Å². The molecule has 0 atom stereocenters. The van der Waals surface area contributed by atoms with Crippen molar-refractivity contribution >= 4 is 11.9 Å². The molecule has 0 unspecified atom stereocenters. The zero-order valence-electron chi connectivity index (χ0n) is 7.88. The molecule has 0 fully saturated rings. The molecule has 0 spiro atoms. The van der Waals surface area contributed by atoms with Crippen molar-refractivity contribution in [1.29, 1.82) is 0 Å². The van der Waals surface area contributed by atoms with Crippen LogP contribution in [-0.4, -0.2) is 17.1 Å². The Bertz CT molecular complexity index is 373. The Kier molecular flexibility index (Phi) is 3.50. The lowest BCUT2D eigenvalue weighted by Gasteiger charge is -2.03. The number of benzene rings is 1. The van der Waals surface area contributed by atoms with Gasteiger partial charge in [-0.3, -0.25) is 0 Å². The summed E-state index contributed by atoms with van der Waals surface area (Å²) in [7, 11) is 0. The van der Waals surface area contributed by atoms with E-state index in [4.69, 9.17) is 16.7 Å². The zero-order valence-corrected chi connectivity index (χ0v) is 7.88. The van der Waals surface area contributed by atoms with Gasteiger partial charge in [0.1, 0.15) is 6.61 Å². The van der Waals surface area contributed by atoms with Gasteiger partial charge in [-0.15, -0.1) is 0 Å². The van der Waals surface area contributed by atoms with Gasteiger partial charge in [-0.05, 0) is 5.56 Å². The minimum absolute atomic E-state index is 0.0253. The van der Waals surface area contributed by atoms with Crippen LogP contribution in [0.15, 0.2) is 29.4 Å². The number of carbonyl (C=O) groups excluding carboxylic acids is 1. The van der Waals surface area contributed by atoms with Gasteiger partial charge in [0.15, 0.2) is 5.84 Å². The van der Waals surface area contributed by atoms with Gasteiger partial charge in [0.25, 0.3) is 0 Å². The molecule has 0 aliphatic heterocycles. The van der Waals surface area contributed by atoms with Crippen LogP contribution in [0.1, 0.15) is 11.1 Å². The Morgan fingerprint density at radius 2 is 1.93 bits per heavy atom. The van der Waals surface area contributed by atoms with Crippen molar-refractivity contribution in [1.82, 2.24) is 0 Å². The number of ether oxygens (including phenoxy) is 1. The molecule has 0 saturated heterocycles. The lowest BCUT2D eigenvalue weighted by atomic mass is 10.1. The maximum atomic E-state index is 10.3. The third-order valence-electron chi connectivity index (χ3n) is 1.74. The number of hydrogen-bond donors (Lipinski definition) is 3. The fourth-order valence-corrected chi connectivity index (χ4v) is 0.984. The van der Waals surface area contributed by atoms with E-state index >= 15 is 0 Å². The molecule has 15 heavy (non-hydrogen) atoms. The van der Waals surface area contributed by atoms with Crippen LogP contribution in [0.5, 0.6) is 0 Å². The van der Waals surface area contributed by atoms with E-state index in [1.807, 2.05) is 0 Å². The maximum absolute atomic E-state index is 10.3. The Hall–Kier alpha value is -2.24. The number of carbonyl (C=O) groups is 1. The molecule has 0 bridgehead atoms. The number of hydrogen-bond acceptors (Lipinski definition) is 4. The zero-order chi connectivity index (χ0) is 11.3. The van der Waals surface area contributed by atoms with Crippen molar-refractivity contribution in [3.63, 3.8) is 0 Å². The molecular weight excluding hydrogens is 198 g/mol. The number of amides is 1. The number of primary amides is 1. The highest BCUT2D eigenvalue weighted by molar-refractivity contribution is 5.96. The van der Waals surface area contributed by atoms with E-state index in [2.05, 4.69) is 9.89 Å². The van der Waals surface area contributed by atoms with Crippen LogP contribution in [0.2, 0.25) is 0 Å². The summed E-state index contributed by atoms with van der Waals surface area (Å²) in [4.78, 5) is 10.3. The van der Waals surface area contributed by atoms with Gasteiger partial charge in [0.05, 0.1) is 0 Å². The van der Waals surface area contributed by atoms with E-state index < -0.39 is 6.09 Å². The summed E-state index contributed by atoms with van der Waals surface area (Å²) in [5.74, 6) is 0.0253. The predicted molar refractivity (Wildman–Crippen MR) is 53.3 cm³/mol. The highest BCUT2D eigenvalue weighted by Gasteiger charge is 2.00. The van der Waals surface area contributed by atoms with E-state index in [1.54, 1.807) is 24.3 Å². The topological polar surface area (TPSA) is 111 Å². The van der Waals surface area contributed by atoms with E-state index in [9.17, 15) is 4.79 Å². The average Bonchev–Trinajstić information content (AvgIpc) is 2.26. The van der Waals surface area contributed by atoms with Gasteiger partial charge in [-0.1, -0.05) is 29.4 Å². The molecule has 0 aliphatic rings. The first kappa shape index (κ1) is 10.8. The van der Waals surface area contributed by atoms with E-state index in [0.29, 0.717) is 5.56 Å². The third kappa shape index (κ3) is 3.18. The SMILES string of the molecule is NC(=O)OCc1ccc(C(N)=NO)cc1. The molecule has 1 rings (SSSR count). The highest BCUT2D eigenvalue weighted by atomic mass is 16.5. The summed E-state index contributed by atoms with van der Waals surface area (Å²) in [6, 6.07) is 6.68. The van der Waals surface area contributed by atoms with Crippen molar-refractivity contribution in [2.24, 2.45) is 16.6 Å². The van der Waals surface area contributed by atoms with Crippen LogP contribution < -0.4 is 11.5 Å². The minimum Gasteiger partial charge on any atom is -0.445 e. The van der Waals surface area contributed by atoms with Crippen LogP contribution in [-0.2, 0) is 11.3 Å². The first-order valence-corrected chi connectivity index (χ1v) is 4.12. The molecule has 1 aromatic carbocycles. The average molecular weight is 209 g/mol. The van der Waals surface area contributed by atoms with Crippen molar-refractivity contribution in [2.75, 3.05) is 0 Å². The normalized spacial score (nSPS) is 11.1. The minimum atomic E-state index is -0.824. The Labute approximate surface area is 86.1 Å². The predicted octanol–water partition coefficient (Wildman–Crippen LogP) is 0.376. The molecule has 6 heteroatoms. The summed E-state index contributed by atoms with van der Waals surface area (Å²) in [5, 5.41) is 11.3. The number of nitrogens with zero attached hydrogens (tertiary/aromatic N) is 1. The van der Waals surface area contributed by atoms with Crippen LogP contribution in [0, 0.1) is 0 Å². The molecule has 0 aromatic heterocycles. The van der Waals surface area contributed by atoms with Crippen molar-refractivity contribution < 1.29 is 14.7 Å². The Morgan fingerprint density at radius 1 is 1.33 bits per heavy atom. The standard InChI is InChI=1S/C9H11N3O3/c10-8(12-14)7-3-1-6(2-4-7)5-15-9(11)13/h1-4,14H,5H2,(H2,10,12)(H2,11,13). The second-order valence-corrected chi connectivity index (χ2v) is 2.79. The summed E-state index contributed by atoms with van der Waals surface area (Å²) in [6.45, 7) is 0.103. The molecule has 1 amide bonds. The highest BCUT2D eigenvalue weighted by Crippen LogP contribution is 2.05. The van der Waals surface area contributed by atoms with Crippen molar-refractivity contribution in [3.05, 3.63) is 35.4 Å². The molecule has 80 valence electrons. The van der Waals surface area contributed by atoms with Crippen molar-refractivity contribution in [2.45, 2.75) is 6.61 Å². The largest absolute Gasteiger partial charge is 0.445 e. The maximum Gasteiger partial charge on any atom is 0.404 e. The fourth-order valence-electron chi connectivity index (χ4n) is 0.984. The second kappa shape index (κ2) is 4.85.